The van der Waals surface area contributed by atoms with E-state index in [0.29, 0.717) is 12.5 Å². The standard InChI is InChI=1S/C15H23NO2/c1-4-13(5-2)16-15(17)10-9-12-7-6-8-14(11-12)18-3/h6-8,11,13H,4-5,9-10H2,1-3H3,(H,16,17). The molecule has 1 rings (SSSR count). The van der Waals surface area contributed by atoms with Gasteiger partial charge in [0.1, 0.15) is 5.75 Å². The molecule has 0 radical (unpaired) electrons. The van der Waals surface area contributed by atoms with E-state index in [4.69, 9.17) is 4.74 Å². The number of nitrogens with one attached hydrogen (secondary N) is 1. The molecule has 0 aliphatic carbocycles. The van der Waals surface area contributed by atoms with Crippen LogP contribution in [0.15, 0.2) is 24.3 Å². The number of ether oxygens (including phenoxy) is 1. The number of methoxy groups -OCH3 is 1. The first-order valence-electron chi connectivity index (χ1n) is 6.61. The average Bonchev–Trinajstić information content (AvgIpc) is 2.42. The molecule has 0 saturated carbocycles. The van der Waals surface area contributed by atoms with Crippen LogP contribution < -0.4 is 10.1 Å². The number of hydrogen-bond donors (Lipinski definition) is 1. The molecule has 0 aliphatic rings. The fraction of sp³-hybridized carbons (Fsp3) is 0.533. The molecule has 0 bridgehead atoms. The highest BCUT2D eigenvalue weighted by Gasteiger charge is 2.08. The lowest BCUT2D eigenvalue weighted by Gasteiger charge is -2.14. The first kappa shape index (κ1) is 14.6. The zero-order chi connectivity index (χ0) is 13.4. The SMILES string of the molecule is CCC(CC)NC(=O)CCc1cccc(OC)c1. The minimum atomic E-state index is 0.131. The van der Waals surface area contributed by atoms with Crippen molar-refractivity contribution in [2.45, 2.75) is 45.6 Å². The van der Waals surface area contributed by atoms with Crippen molar-refractivity contribution in [1.29, 1.82) is 0 Å². The number of aryl methyl sites for hydroxylation is 1. The number of hydrogen-bond acceptors (Lipinski definition) is 2. The summed E-state index contributed by atoms with van der Waals surface area (Å²) in [7, 11) is 1.65. The minimum absolute atomic E-state index is 0.131. The molecule has 0 atom stereocenters. The van der Waals surface area contributed by atoms with E-state index in [1.54, 1.807) is 7.11 Å². The number of rotatable bonds is 7. The average molecular weight is 249 g/mol. The van der Waals surface area contributed by atoms with Crippen LogP contribution in [0.1, 0.15) is 38.7 Å². The highest BCUT2D eigenvalue weighted by molar-refractivity contribution is 5.76. The van der Waals surface area contributed by atoms with Crippen LogP contribution in [0.4, 0.5) is 0 Å². The zero-order valence-corrected chi connectivity index (χ0v) is 11.5. The Morgan fingerprint density at radius 3 is 2.67 bits per heavy atom. The van der Waals surface area contributed by atoms with Crippen molar-refractivity contribution < 1.29 is 9.53 Å². The van der Waals surface area contributed by atoms with Crippen LogP contribution in [0.3, 0.4) is 0 Å². The normalized spacial score (nSPS) is 10.4. The van der Waals surface area contributed by atoms with E-state index in [9.17, 15) is 4.79 Å². The second-order valence-electron chi connectivity index (χ2n) is 4.43. The van der Waals surface area contributed by atoms with E-state index in [0.717, 1.165) is 30.6 Å². The second-order valence-corrected chi connectivity index (χ2v) is 4.43. The molecule has 0 unspecified atom stereocenters. The fourth-order valence-corrected chi connectivity index (χ4v) is 1.88. The van der Waals surface area contributed by atoms with Crippen molar-refractivity contribution in [2.24, 2.45) is 0 Å². The van der Waals surface area contributed by atoms with Gasteiger partial charge in [-0.25, -0.2) is 0 Å². The smallest absolute Gasteiger partial charge is 0.220 e. The third-order valence-electron chi connectivity index (χ3n) is 3.13. The van der Waals surface area contributed by atoms with Gasteiger partial charge in [-0.15, -0.1) is 0 Å². The van der Waals surface area contributed by atoms with Gasteiger partial charge in [0.2, 0.25) is 5.91 Å². The molecule has 0 heterocycles. The van der Waals surface area contributed by atoms with Crippen LogP contribution in [-0.4, -0.2) is 19.1 Å². The molecular weight excluding hydrogens is 226 g/mol. The highest BCUT2D eigenvalue weighted by Crippen LogP contribution is 2.13. The van der Waals surface area contributed by atoms with Crippen LogP contribution in [-0.2, 0) is 11.2 Å². The maximum absolute atomic E-state index is 11.8. The number of amides is 1. The van der Waals surface area contributed by atoms with Crippen LogP contribution in [0.2, 0.25) is 0 Å². The van der Waals surface area contributed by atoms with Gasteiger partial charge in [-0.1, -0.05) is 26.0 Å². The van der Waals surface area contributed by atoms with E-state index in [1.165, 1.54) is 0 Å². The Hall–Kier alpha value is -1.51. The summed E-state index contributed by atoms with van der Waals surface area (Å²) in [5.74, 6) is 0.972. The molecule has 3 nitrogen and oxygen atoms in total. The summed E-state index contributed by atoms with van der Waals surface area (Å²) in [5, 5.41) is 3.05. The Bertz CT molecular complexity index is 373. The van der Waals surface area contributed by atoms with E-state index < -0.39 is 0 Å². The van der Waals surface area contributed by atoms with Gasteiger partial charge in [0, 0.05) is 12.5 Å². The number of carbonyl (C=O) groups is 1. The van der Waals surface area contributed by atoms with Gasteiger partial charge in [-0.05, 0) is 37.0 Å². The quantitative estimate of drug-likeness (QED) is 0.807. The summed E-state index contributed by atoms with van der Waals surface area (Å²) in [6.45, 7) is 4.19. The largest absolute Gasteiger partial charge is 0.497 e. The lowest BCUT2D eigenvalue weighted by Crippen LogP contribution is -2.33. The van der Waals surface area contributed by atoms with Crippen molar-refractivity contribution in [3.8, 4) is 5.75 Å². The van der Waals surface area contributed by atoms with Gasteiger partial charge in [0.05, 0.1) is 7.11 Å². The lowest BCUT2D eigenvalue weighted by atomic mass is 10.1. The Morgan fingerprint density at radius 2 is 2.06 bits per heavy atom. The van der Waals surface area contributed by atoms with E-state index >= 15 is 0 Å². The third-order valence-corrected chi connectivity index (χ3v) is 3.13. The van der Waals surface area contributed by atoms with Gasteiger partial charge in [0.25, 0.3) is 0 Å². The highest BCUT2D eigenvalue weighted by atomic mass is 16.5. The van der Waals surface area contributed by atoms with Crippen molar-refractivity contribution >= 4 is 5.91 Å². The van der Waals surface area contributed by atoms with Crippen LogP contribution in [0.25, 0.3) is 0 Å². The Labute approximate surface area is 110 Å². The summed E-state index contributed by atoms with van der Waals surface area (Å²) in [5.41, 5.74) is 1.13. The summed E-state index contributed by atoms with van der Waals surface area (Å²) in [6, 6.07) is 8.17. The number of carbonyl (C=O) groups excluding carboxylic acids is 1. The van der Waals surface area contributed by atoms with Crippen LogP contribution >= 0.6 is 0 Å². The van der Waals surface area contributed by atoms with Gasteiger partial charge < -0.3 is 10.1 Å². The van der Waals surface area contributed by atoms with Crippen molar-refractivity contribution in [3.63, 3.8) is 0 Å². The Kier molecular flexibility index (Phi) is 6.26. The maximum atomic E-state index is 11.8. The molecule has 1 aromatic carbocycles. The van der Waals surface area contributed by atoms with Gasteiger partial charge >= 0.3 is 0 Å². The Morgan fingerprint density at radius 1 is 1.33 bits per heavy atom. The molecule has 0 aromatic heterocycles. The van der Waals surface area contributed by atoms with Crippen molar-refractivity contribution in [1.82, 2.24) is 5.32 Å². The molecule has 0 spiro atoms. The summed E-state index contributed by atoms with van der Waals surface area (Å²) >= 11 is 0. The van der Waals surface area contributed by atoms with E-state index in [1.807, 2.05) is 24.3 Å². The van der Waals surface area contributed by atoms with E-state index in [2.05, 4.69) is 19.2 Å². The van der Waals surface area contributed by atoms with Gasteiger partial charge in [-0.3, -0.25) is 4.79 Å². The summed E-state index contributed by atoms with van der Waals surface area (Å²) in [6.07, 6.45) is 3.26. The third kappa shape index (κ3) is 4.78. The monoisotopic (exact) mass is 249 g/mol. The topological polar surface area (TPSA) is 38.3 Å². The molecule has 1 N–H and O–H groups in total. The van der Waals surface area contributed by atoms with Crippen molar-refractivity contribution in [2.75, 3.05) is 7.11 Å². The predicted molar refractivity (Wildman–Crippen MR) is 73.8 cm³/mol. The zero-order valence-electron chi connectivity index (χ0n) is 11.5. The molecular formula is C15H23NO2. The molecule has 0 aliphatic heterocycles. The van der Waals surface area contributed by atoms with E-state index in [-0.39, 0.29) is 5.91 Å². The molecule has 0 saturated heterocycles. The van der Waals surface area contributed by atoms with Gasteiger partial charge in [-0.2, -0.15) is 0 Å². The Balaban J connectivity index is 2.42. The molecule has 0 fully saturated rings. The first-order valence-corrected chi connectivity index (χ1v) is 6.61. The molecule has 1 aromatic rings. The summed E-state index contributed by atoms with van der Waals surface area (Å²) in [4.78, 5) is 11.8. The fourth-order valence-electron chi connectivity index (χ4n) is 1.88. The van der Waals surface area contributed by atoms with Gasteiger partial charge in [0.15, 0.2) is 0 Å². The second kappa shape index (κ2) is 7.75. The van der Waals surface area contributed by atoms with Crippen LogP contribution in [0.5, 0.6) is 5.75 Å². The molecule has 100 valence electrons. The first-order chi connectivity index (χ1) is 8.69. The molecule has 18 heavy (non-hydrogen) atoms. The van der Waals surface area contributed by atoms with Crippen LogP contribution in [0, 0.1) is 0 Å². The lowest BCUT2D eigenvalue weighted by molar-refractivity contribution is -0.121. The maximum Gasteiger partial charge on any atom is 0.220 e. The molecule has 3 heteroatoms. The van der Waals surface area contributed by atoms with Crippen molar-refractivity contribution in [3.05, 3.63) is 29.8 Å². The minimum Gasteiger partial charge on any atom is -0.497 e. The number of benzene rings is 1. The molecule has 1 amide bonds. The predicted octanol–water partition coefficient (Wildman–Crippen LogP) is 2.93. The summed E-state index contributed by atoms with van der Waals surface area (Å²) < 4.78 is 5.16.